The van der Waals surface area contributed by atoms with Crippen LogP contribution in [-0.2, 0) is 36.2 Å². The third-order valence-electron chi connectivity index (χ3n) is 8.61. The fourth-order valence-electron chi connectivity index (χ4n) is 5.75. The number of aliphatic carboxylic acids is 1. The number of nitrogens with one attached hydrogen (secondary N) is 6. The number of amides is 1. The van der Waals surface area contributed by atoms with Crippen LogP contribution >= 0.6 is 0 Å². The van der Waals surface area contributed by atoms with Crippen LogP contribution in [0.3, 0.4) is 0 Å². The summed E-state index contributed by atoms with van der Waals surface area (Å²) in [6.45, 7) is -0.989. The Balaban J connectivity index is 1.26. The van der Waals surface area contributed by atoms with Crippen molar-refractivity contribution in [1.82, 2.24) is 35.2 Å². The van der Waals surface area contributed by atoms with E-state index >= 15 is 0 Å². The number of halogens is 1. The number of benzene rings is 4. The van der Waals surface area contributed by atoms with Crippen LogP contribution in [0.1, 0.15) is 35.4 Å². The first-order valence-corrected chi connectivity index (χ1v) is 21.8. The standard InChI is InChI=1S/C40H39FN12O9S2/c41-24-44-34(54)17-19-42-37-51-39(46-29-9-5-2-6-10-29)53-40(52-37)47-30-16-15-27(32(23-30)64(60,61)62)14-13-26-12-11-25(21-31(26)63(57,58)59)22-33-48-36(43-20-18-35(55)56)50-38(49-33)45-28-7-3-1-4-8-28/h1-16,21,23H,17-20,22,24H2,(H,44,54)(H,55,56)(H,57,58,59)(H,60,61,62)(H2,43,45,48,49,50)(H3,42,46,47,51,52,53)/b14-13+/i41-1. The van der Waals surface area contributed by atoms with Gasteiger partial charge in [0, 0.05) is 43.0 Å². The lowest BCUT2D eigenvalue weighted by Crippen LogP contribution is -2.24. The number of alkyl halides is 1. The van der Waals surface area contributed by atoms with Gasteiger partial charge in [-0.3, -0.25) is 18.7 Å². The van der Waals surface area contributed by atoms with Gasteiger partial charge >= 0.3 is 5.97 Å². The van der Waals surface area contributed by atoms with Crippen molar-refractivity contribution in [3.63, 3.8) is 0 Å². The minimum atomic E-state index is -4.91. The number of aromatic nitrogens is 6. The Labute approximate surface area is 365 Å². The molecule has 2 heterocycles. The quantitative estimate of drug-likeness (QED) is 0.0252. The van der Waals surface area contributed by atoms with Gasteiger partial charge in [0.25, 0.3) is 20.2 Å². The van der Waals surface area contributed by atoms with E-state index < -0.39 is 48.7 Å². The molecule has 0 saturated heterocycles. The summed E-state index contributed by atoms with van der Waals surface area (Å²) >= 11 is 0. The lowest BCUT2D eigenvalue weighted by molar-refractivity contribution is -0.136. The third-order valence-corrected chi connectivity index (χ3v) is 10.4. The topological polar surface area (TPSA) is 313 Å². The van der Waals surface area contributed by atoms with E-state index in [0.29, 0.717) is 16.9 Å². The average Bonchev–Trinajstić information content (AvgIpc) is 3.23. The maximum atomic E-state index is 12.7. The maximum absolute atomic E-state index is 12.7. The van der Waals surface area contributed by atoms with Gasteiger partial charge in [0.05, 0.1) is 6.42 Å². The molecule has 6 rings (SSSR count). The minimum absolute atomic E-state index is 0.00653. The van der Waals surface area contributed by atoms with E-state index in [9.17, 15) is 39.9 Å². The fourth-order valence-corrected chi connectivity index (χ4v) is 7.19. The van der Waals surface area contributed by atoms with Gasteiger partial charge in [-0.25, -0.2) is 4.39 Å². The van der Waals surface area contributed by atoms with Crippen LogP contribution < -0.4 is 31.9 Å². The van der Waals surface area contributed by atoms with Crippen molar-refractivity contribution in [2.45, 2.75) is 29.1 Å². The average molecular weight is 914 g/mol. The molecule has 2 aromatic heterocycles. The molecular formula is C40H39FN12O9S2. The first kappa shape index (κ1) is 45.8. The van der Waals surface area contributed by atoms with Crippen molar-refractivity contribution in [2.75, 3.05) is 46.5 Å². The highest BCUT2D eigenvalue weighted by Gasteiger charge is 2.19. The van der Waals surface area contributed by atoms with Gasteiger partial charge in [0.1, 0.15) is 15.6 Å². The number of rotatable bonds is 21. The molecule has 0 radical (unpaired) electrons. The molecule has 9 N–H and O–H groups in total. The van der Waals surface area contributed by atoms with Crippen molar-refractivity contribution >= 4 is 91.1 Å². The van der Waals surface area contributed by atoms with Crippen LogP contribution in [-0.4, -0.2) is 92.7 Å². The van der Waals surface area contributed by atoms with Crippen molar-refractivity contribution in [1.29, 1.82) is 0 Å². The van der Waals surface area contributed by atoms with E-state index in [0.717, 1.165) is 6.07 Å². The minimum Gasteiger partial charge on any atom is -0.481 e. The molecule has 0 unspecified atom stereocenters. The first-order chi connectivity index (χ1) is 30.6. The van der Waals surface area contributed by atoms with Crippen LogP contribution in [0.5, 0.6) is 0 Å². The van der Waals surface area contributed by atoms with Gasteiger partial charge in [-0.2, -0.15) is 46.7 Å². The van der Waals surface area contributed by atoms with Crippen molar-refractivity contribution < 1.29 is 45.0 Å². The van der Waals surface area contributed by atoms with Gasteiger partial charge in [-0.1, -0.05) is 66.7 Å². The summed E-state index contributed by atoms with van der Waals surface area (Å²) in [4.78, 5) is 47.7. The Bertz CT molecular complexity index is 2880. The molecule has 0 bridgehead atoms. The molecular weight excluding hydrogens is 875 g/mol. The molecule has 64 heavy (non-hydrogen) atoms. The van der Waals surface area contributed by atoms with E-state index in [1.807, 2.05) is 17.4 Å². The van der Waals surface area contributed by atoms with Gasteiger partial charge in [-0.15, -0.1) is 0 Å². The number of hydrogen-bond acceptors (Lipinski definition) is 17. The number of hydrogen-bond donors (Lipinski definition) is 9. The van der Waals surface area contributed by atoms with Gasteiger partial charge in [-0.05, 0) is 59.2 Å². The molecule has 0 saturated carbocycles. The van der Waals surface area contributed by atoms with Crippen LogP contribution in [0.25, 0.3) is 12.2 Å². The summed E-state index contributed by atoms with van der Waals surface area (Å²) in [5, 5.41) is 25.7. The summed E-state index contributed by atoms with van der Waals surface area (Å²) < 4.78 is 83.7. The monoisotopic (exact) mass is 913 g/mol. The molecule has 6 aromatic rings. The van der Waals surface area contributed by atoms with Crippen molar-refractivity contribution in [3.05, 3.63) is 120 Å². The zero-order chi connectivity index (χ0) is 45.7. The molecule has 0 aliphatic heterocycles. The smallest absolute Gasteiger partial charge is 0.305 e. The number of nitrogens with zero attached hydrogens (tertiary/aromatic N) is 6. The molecule has 0 atom stereocenters. The Hall–Kier alpha value is -7.67. The summed E-state index contributed by atoms with van der Waals surface area (Å²) in [6.07, 6.45) is 2.08. The van der Waals surface area contributed by atoms with Crippen LogP contribution in [0.4, 0.5) is 51.2 Å². The zero-order valence-electron chi connectivity index (χ0n) is 33.3. The Kier molecular flexibility index (Phi) is 15.0. The lowest BCUT2D eigenvalue weighted by atomic mass is 10.1. The number of carboxylic acids is 1. The Morgan fingerprint density at radius 2 is 1.05 bits per heavy atom. The van der Waals surface area contributed by atoms with Crippen LogP contribution in [0, 0.1) is 0 Å². The molecule has 0 aliphatic carbocycles. The van der Waals surface area contributed by atoms with Crippen LogP contribution in [0.2, 0.25) is 0 Å². The molecule has 21 nitrogen and oxygen atoms in total. The highest BCUT2D eigenvalue weighted by molar-refractivity contribution is 7.86. The summed E-state index contributed by atoms with van der Waals surface area (Å²) in [5.41, 5.74) is 1.60. The summed E-state index contributed by atoms with van der Waals surface area (Å²) in [7, 11) is -9.79. The maximum Gasteiger partial charge on any atom is 0.305 e. The van der Waals surface area contributed by atoms with E-state index in [-0.39, 0.29) is 84.7 Å². The van der Waals surface area contributed by atoms with Crippen molar-refractivity contribution in [2.24, 2.45) is 0 Å². The number of carbonyl (C=O) groups is 2. The molecule has 0 aliphatic rings. The predicted molar refractivity (Wildman–Crippen MR) is 235 cm³/mol. The molecule has 0 spiro atoms. The lowest BCUT2D eigenvalue weighted by Gasteiger charge is -2.13. The van der Waals surface area contributed by atoms with Gasteiger partial charge in [0.15, 0.2) is 6.80 Å². The van der Waals surface area contributed by atoms with Crippen molar-refractivity contribution in [3.8, 4) is 0 Å². The van der Waals surface area contributed by atoms with E-state index in [1.54, 1.807) is 48.5 Å². The molecule has 24 heteroatoms. The van der Waals surface area contributed by atoms with E-state index in [4.69, 9.17) is 5.11 Å². The second kappa shape index (κ2) is 20.9. The zero-order valence-corrected chi connectivity index (χ0v) is 34.9. The van der Waals surface area contributed by atoms with Gasteiger partial charge in [0.2, 0.25) is 35.6 Å². The molecule has 0 fully saturated rings. The fraction of sp³-hybridized carbons (Fsp3) is 0.150. The first-order valence-electron chi connectivity index (χ1n) is 19.0. The number of para-hydroxylation sites is 2. The Morgan fingerprint density at radius 3 is 1.59 bits per heavy atom. The molecule has 332 valence electrons. The van der Waals surface area contributed by atoms with E-state index in [1.165, 1.54) is 42.5 Å². The van der Waals surface area contributed by atoms with E-state index in [2.05, 4.69) is 56.5 Å². The number of carboxylic acid groups (broad SMARTS) is 1. The third kappa shape index (κ3) is 13.7. The van der Waals surface area contributed by atoms with Crippen LogP contribution in [0.15, 0.2) is 107 Å². The Morgan fingerprint density at radius 1 is 0.578 bits per heavy atom. The second-order valence-corrected chi connectivity index (χ2v) is 16.2. The second-order valence-electron chi connectivity index (χ2n) is 13.4. The summed E-state index contributed by atoms with van der Waals surface area (Å²) in [6, 6.07) is 25.8. The molecule has 4 aromatic carbocycles. The summed E-state index contributed by atoms with van der Waals surface area (Å²) in [5.74, 6) is -1.27. The van der Waals surface area contributed by atoms with Gasteiger partial charge < -0.3 is 37.0 Å². The highest BCUT2D eigenvalue weighted by Crippen LogP contribution is 2.28. The SMILES string of the molecule is O=C(O)CCNc1nc(Cc2ccc(/C=C/c3ccc(Nc4nc(NCCC(=O)NC[18F])nc(Nc5ccccc5)n4)cc3S(=O)(=O)O)c(S(=O)(=O)O)c2)nc(Nc2ccccc2)n1. The number of carbonyl (C=O) groups excluding carboxylic acids is 1. The largest absolute Gasteiger partial charge is 0.481 e. The predicted octanol–water partition coefficient (Wildman–Crippen LogP) is 5.27. The highest BCUT2D eigenvalue weighted by atomic mass is 32.2. The number of anilines is 8. The normalized spacial score (nSPS) is 11.5. The molecule has 1 amide bonds.